The Balaban J connectivity index is 1.58. The van der Waals surface area contributed by atoms with Gasteiger partial charge in [-0.2, -0.15) is 0 Å². The van der Waals surface area contributed by atoms with Crippen molar-refractivity contribution in [1.29, 1.82) is 0 Å². The Morgan fingerprint density at radius 1 is 1.29 bits per heavy atom. The number of likely N-dealkylation sites (tertiary alicyclic amines) is 1. The van der Waals surface area contributed by atoms with E-state index in [1.54, 1.807) is 0 Å². The third kappa shape index (κ3) is 2.63. The van der Waals surface area contributed by atoms with E-state index in [0.29, 0.717) is 6.54 Å². The highest BCUT2D eigenvalue weighted by Gasteiger charge is 2.62. The summed E-state index contributed by atoms with van der Waals surface area (Å²) >= 11 is 0. The van der Waals surface area contributed by atoms with Crippen LogP contribution in [0.15, 0.2) is 0 Å². The third-order valence-electron chi connectivity index (χ3n) is 6.06. The van der Waals surface area contributed by atoms with Crippen molar-refractivity contribution in [2.24, 2.45) is 23.5 Å². The fraction of sp³-hybridized carbons (Fsp3) is 0.824. The Kier molecular flexibility index (Phi) is 4.42. The maximum absolute atomic E-state index is 12.5. The molecule has 3 amide bonds. The molecule has 3 aliphatic heterocycles. The van der Waals surface area contributed by atoms with Crippen LogP contribution in [0, 0.1) is 17.8 Å². The molecule has 0 aromatic carbocycles. The highest BCUT2D eigenvalue weighted by atomic mass is 16.5. The Bertz CT molecular complexity index is 536. The lowest BCUT2D eigenvalue weighted by atomic mass is 9.81. The van der Waals surface area contributed by atoms with Crippen LogP contribution in [-0.2, 0) is 19.1 Å². The molecular formula is C17H27N3O4. The number of carbonyl (C=O) groups is 3. The molecule has 3 rings (SSSR count). The van der Waals surface area contributed by atoms with Crippen molar-refractivity contribution in [3.8, 4) is 0 Å². The van der Waals surface area contributed by atoms with Gasteiger partial charge in [0.1, 0.15) is 0 Å². The standard InChI is InChI=1S/C17H27N3O4/c1-9(2)17(3,8-18)19-12(21)6-7-20-15(22)13-10-4-5-11(24-10)14(13)16(20)23/h9-11,13-14H,4-8,18H2,1-3H3,(H,19,21). The van der Waals surface area contributed by atoms with Gasteiger partial charge in [-0.05, 0) is 25.7 Å². The summed E-state index contributed by atoms with van der Waals surface area (Å²) in [5.74, 6) is -0.998. The van der Waals surface area contributed by atoms with Gasteiger partial charge in [-0.25, -0.2) is 0 Å². The van der Waals surface area contributed by atoms with E-state index >= 15 is 0 Å². The van der Waals surface area contributed by atoms with Crippen LogP contribution in [0.2, 0.25) is 0 Å². The molecule has 3 saturated heterocycles. The molecule has 5 atom stereocenters. The molecule has 3 N–H and O–H groups in total. The van der Waals surface area contributed by atoms with Gasteiger partial charge in [0.15, 0.2) is 0 Å². The number of nitrogens with one attached hydrogen (secondary N) is 1. The number of nitrogens with zero attached hydrogens (tertiary/aromatic N) is 1. The second kappa shape index (κ2) is 6.11. The largest absolute Gasteiger partial charge is 0.373 e. The van der Waals surface area contributed by atoms with Crippen LogP contribution in [0.1, 0.15) is 40.0 Å². The summed E-state index contributed by atoms with van der Waals surface area (Å²) in [6, 6.07) is 0. The number of nitrogens with two attached hydrogens (primary N) is 1. The topological polar surface area (TPSA) is 102 Å². The van der Waals surface area contributed by atoms with Crippen LogP contribution in [0.3, 0.4) is 0 Å². The summed E-state index contributed by atoms with van der Waals surface area (Å²) < 4.78 is 5.70. The van der Waals surface area contributed by atoms with E-state index in [1.807, 2.05) is 20.8 Å². The summed E-state index contributed by atoms with van der Waals surface area (Å²) in [4.78, 5) is 38.5. The quantitative estimate of drug-likeness (QED) is 0.666. The van der Waals surface area contributed by atoms with Gasteiger partial charge in [-0.3, -0.25) is 19.3 Å². The Hall–Kier alpha value is -1.47. The predicted octanol–water partition coefficient (Wildman–Crippen LogP) is 0.0285. The first-order chi connectivity index (χ1) is 11.3. The molecule has 5 unspecified atom stereocenters. The van der Waals surface area contributed by atoms with Crippen molar-refractivity contribution in [1.82, 2.24) is 10.2 Å². The lowest BCUT2D eigenvalue weighted by molar-refractivity contribution is -0.142. The number of hydrogen-bond acceptors (Lipinski definition) is 5. The van der Waals surface area contributed by atoms with Crippen LogP contribution in [0.25, 0.3) is 0 Å². The molecule has 134 valence electrons. The number of imide groups is 1. The van der Waals surface area contributed by atoms with Crippen molar-refractivity contribution < 1.29 is 19.1 Å². The van der Waals surface area contributed by atoms with Crippen LogP contribution < -0.4 is 11.1 Å². The number of amides is 3. The van der Waals surface area contributed by atoms with E-state index in [-0.39, 0.29) is 60.6 Å². The van der Waals surface area contributed by atoms with Gasteiger partial charge in [0.25, 0.3) is 0 Å². The zero-order valence-electron chi connectivity index (χ0n) is 14.6. The minimum Gasteiger partial charge on any atom is -0.373 e. The third-order valence-corrected chi connectivity index (χ3v) is 6.06. The first-order valence-electron chi connectivity index (χ1n) is 8.80. The molecular weight excluding hydrogens is 310 g/mol. The van der Waals surface area contributed by atoms with Crippen molar-refractivity contribution in [2.75, 3.05) is 13.1 Å². The molecule has 2 bridgehead atoms. The minimum atomic E-state index is -0.487. The number of carbonyl (C=O) groups excluding carboxylic acids is 3. The zero-order chi connectivity index (χ0) is 17.6. The SMILES string of the molecule is CC(C)C(C)(CN)NC(=O)CCN1C(=O)C2C3CCC(O3)C2C1=O. The minimum absolute atomic E-state index is 0.107. The summed E-state index contributed by atoms with van der Waals surface area (Å²) in [6.07, 6.45) is 1.58. The molecule has 0 spiro atoms. The molecule has 3 fully saturated rings. The molecule has 7 heteroatoms. The second-order valence-electron chi connectivity index (χ2n) is 7.74. The maximum atomic E-state index is 12.5. The molecule has 7 nitrogen and oxygen atoms in total. The Morgan fingerprint density at radius 2 is 1.83 bits per heavy atom. The Morgan fingerprint density at radius 3 is 2.29 bits per heavy atom. The average Bonchev–Trinajstić information content (AvgIpc) is 3.20. The first kappa shape index (κ1) is 17.4. The van der Waals surface area contributed by atoms with E-state index < -0.39 is 5.54 Å². The van der Waals surface area contributed by atoms with Gasteiger partial charge < -0.3 is 15.8 Å². The van der Waals surface area contributed by atoms with Crippen molar-refractivity contribution >= 4 is 17.7 Å². The molecule has 0 saturated carbocycles. The van der Waals surface area contributed by atoms with Gasteiger partial charge in [0.2, 0.25) is 17.7 Å². The summed E-state index contributed by atoms with van der Waals surface area (Å²) in [5, 5.41) is 2.94. The van der Waals surface area contributed by atoms with Crippen LogP contribution in [0.4, 0.5) is 0 Å². The fourth-order valence-electron chi connectivity index (χ4n) is 4.02. The van der Waals surface area contributed by atoms with Crippen LogP contribution >= 0.6 is 0 Å². The number of ether oxygens (including phenoxy) is 1. The highest BCUT2D eigenvalue weighted by Crippen LogP contribution is 2.48. The lowest BCUT2D eigenvalue weighted by Crippen LogP contribution is -2.55. The monoisotopic (exact) mass is 337 g/mol. The van der Waals surface area contributed by atoms with Gasteiger partial charge in [-0.1, -0.05) is 13.8 Å². The molecule has 3 aliphatic rings. The van der Waals surface area contributed by atoms with Crippen LogP contribution in [0.5, 0.6) is 0 Å². The van der Waals surface area contributed by atoms with Crippen LogP contribution in [-0.4, -0.2) is 53.5 Å². The maximum Gasteiger partial charge on any atom is 0.235 e. The number of fused-ring (bicyclic) bond motifs is 5. The number of rotatable bonds is 6. The molecule has 0 radical (unpaired) electrons. The van der Waals surface area contributed by atoms with Crippen molar-refractivity contribution in [3.05, 3.63) is 0 Å². The predicted molar refractivity (Wildman–Crippen MR) is 86.7 cm³/mol. The van der Waals surface area contributed by atoms with E-state index in [4.69, 9.17) is 10.5 Å². The van der Waals surface area contributed by atoms with Gasteiger partial charge in [-0.15, -0.1) is 0 Å². The summed E-state index contributed by atoms with van der Waals surface area (Å²) in [7, 11) is 0. The lowest BCUT2D eigenvalue weighted by Gasteiger charge is -2.33. The summed E-state index contributed by atoms with van der Waals surface area (Å²) in [6.45, 7) is 6.37. The average molecular weight is 337 g/mol. The molecule has 0 aromatic heterocycles. The second-order valence-corrected chi connectivity index (χ2v) is 7.74. The smallest absolute Gasteiger partial charge is 0.235 e. The van der Waals surface area contributed by atoms with E-state index in [9.17, 15) is 14.4 Å². The van der Waals surface area contributed by atoms with Crippen molar-refractivity contribution in [3.63, 3.8) is 0 Å². The van der Waals surface area contributed by atoms with E-state index in [2.05, 4.69) is 5.32 Å². The molecule has 3 heterocycles. The molecule has 0 aliphatic carbocycles. The number of hydrogen-bond donors (Lipinski definition) is 2. The first-order valence-corrected chi connectivity index (χ1v) is 8.80. The normalized spacial score (nSPS) is 34.0. The summed E-state index contributed by atoms with van der Waals surface area (Å²) in [5.41, 5.74) is 5.28. The van der Waals surface area contributed by atoms with E-state index in [1.165, 1.54) is 4.90 Å². The van der Waals surface area contributed by atoms with E-state index in [0.717, 1.165) is 12.8 Å². The van der Waals surface area contributed by atoms with Gasteiger partial charge >= 0.3 is 0 Å². The van der Waals surface area contributed by atoms with Crippen molar-refractivity contribution in [2.45, 2.75) is 57.8 Å². The highest BCUT2D eigenvalue weighted by molar-refractivity contribution is 6.06. The molecule has 24 heavy (non-hydrogen) atoms. The fourth-order valence-corrected chi connectivity index (χ4v) is 4.02. The zero-order valence-corrected chi connectivity index (χ0v) is 14.6. The molecule has 0 aromatic rings. The Labute approximate surface area is 142 Å². The van der Waals surface area contributed by atoms with Gasteiger partial charge in [0.05, 0.1) is 29.6 Å². The van der Waals surface area contributed by atoms with Gasteiger partial charge in [0, 0.05) is 19.5 Å².